The molecule has 0 aliphatic heterocycles. The molecule has 0 saturated carbocycles. The predicted molar refractivity (Wildman–Crippen MR) is 70.2 cm³/mol. The Bertz CT molecular complexity index is 290. The third-order valence-corrected chi connectivity index (χ3v) is 2.83. The van der Waals surface area contributed by atoms with E-state index in [4.69, 9.17) is 4.74 Å². The van der Waals surface area contributed by atoms with Crippen molar-refractivity contribution in [3.05, 3.63) is 35.9 Å². The quantitative estimate of drug-likeness (QED) is 0.677. The van der Waals surface area contributed by atoms with Crippen LogP contribution in [0, 0.1) is 0 Å². The third kappa shape index (κ3) is 5.82. The maximum atomic E-state index is 9.47. The Kier molecular flexibility index (Phi) is 6.86. The number of benzene rings is 1. The van der Waals surface area contributed by atoms with Crippen molar-refractivity contribution >= 4 is 0 Å². The zero-order valence-electron chi connectivity index (χ0n) is 10.7. The van der Waals surface area contributed by atoms with Crippen molar-refractivity contribution in [2.75, 3.05) is 26.8 Å². The van der Waals surface area contributed by atoms with Crippen molar-refractivity contribution < 1.29 is 9.84 Å². The molecule has 3 nitrogen and oxygen atoms in total. The minimum atomic E-state index is -0.362. The Hall–Kier alpha value is -0.900. The summed E-state index contributed by atoms with van der Waals surface area (Å²) in [6, 6.07) is 10.4. The van der Waals surface area contributed by atoms with Crippen LogP contribution in [-0.2, 0) is 4.74 Å². The predicted octanol–water partition coefficient (Wildman–Crippen LogP) is 1.78. The first-order valence-corrected chi connectivity index (χ1v) is 6.16. The van der Waals surface area contributed by atoms with Gasteiger partial charge < -0.3 is 15.2 Å². The molecule has 3 heteroatoms. The first kappa shape index (κ1) is 14.2. The summed E-state index contributed by atoms with van der Waals surface area (Å²) in [5.74, 6) is 0.496. The number of hydrogen-bond donors (Lipinski definition) is 2. The molecule has 0 aliphatic carbocycles. The number of nitrogens with one attached hydrogen (secondary N) is 1. The molecule has 0 radical (unpaired) electrons. The molecular weight excluding hydrogens is 214 g/mol. The summed E-state index contributed by atoms with van der Waals surface area (Å²) >= 11 is 0. The zero-order valence-corrected chi connectivity index (χ0v) is 10.7. The SMILES string of the molecule is COCC(O)CCNCC(C)c1ccccc1. The van der Waals surface area contributed by atoms with Gasteiger partial charge in [0.05, 0.1) is 12.7 Å². The van der Waals surface area contributed by atoms with E-state index in [0.29, 0.717) is 12.5 Å². The Labute approximate surface area is 104 Å². The minimum Gasteiger partial charge on any atom is -0.391 e. The summed E-state index contributed by atoms with van der Waals surface area (Å²) in [7, 11) is 1.61. The van der Waals surface area contributed by atoms with Crippen LogP contribution in [0.3, 0.4) is 0 Å². The van der Waals surface area contributed by atoms with Gasteiger partial charge in [-0.25, -0.2) is 0 Å². The van der Waals surface area contributed by atoms with Gasteiger partial charge in [0.1, 0.15) is 0 Å². The Balaban J connectivity index is 2.14. The second-order valence-electron chi connectivity index (χ2n) is 4.41. The maximum Gasteiger partial charge on any atom is 0.0785 e. The van der Waals surface area contributed by atoms with Gasteiger partial charge in [-0.15, -0.1) is 0 Å². The average molecular weight is 237 g/mol. The molecule has 1 aromatic rings. The summed E-state index contributed by atoms with van der Waals surface area (Å²) in [5, 5.41) is 12.8. The molecule has 17 heavy (non-hydrogen) atoms. The smallest absolute Gasteiger partial charge is 0.0785 e. The van der Waals surface area contributed by atoms with Crippen molar-refractivity contribution in [3.63, 3.8) is 0 Å². The van der Waals surface area contributed by atoms with Gasteiger partial charge >= 0.3 is 0 Å². The van der Waals surface area contributed by atoms with Crippen LogP contribution in [0.4, 0.5) is 0 Å². The number of hydrogen-bond acceptors (Lipinski definition) is 3. The van der Waals surface area contributed by atoms with Gasteiger partial charge in [-0.1, -0.05) is 37.3 Å². The molecule has 0 spiro atoms. The van der Waals surface area contributed by atoms with Gasteiger partial charge in [-0.3, -0.25) is 0 Å². The lowest BCUT2D eigenvalue weighted by atomic mass is 10.0. The highest BCUT2D eigenvalue weighted by atomic mass is 16.5. The lowest BCUT2D eigenvalue weighted by Gasteiger charge is -2.14. The molecule has 0 amide bonds. The number of methoxy groups -OCH3 is 1. The van der Waals surface area contributed by atoms with Crippen LogP contribution in [-0.4, -0.2) is 38.0 Å². The molecule has 2 N–H and O–H groups in total. The van der Waals surface area contributed by atoms with Crippen LogP contribution in [0.1, 0.15) is 24.8 Å². The van der Waals surface area contributed by atoms with E-state index < -0.39 is 0 Å². The van der Waals surface area contributed by atoms with Crippen LogP contribution >= 0.6 is 0 Å². The summed E-state index contributed by atoms with van der Waals surface area (Å²) in [6.45, 7) is 4.37. The molecule has 1 rings (SSSR count). The lowest BCUT2D eigenvalue weighted by molar-refractivity contribution is 0.0594. The van der Waals surface area contributed by atoms with Crippen molar-refractivity contribution in [3.8, 4) is 0 Å². The van der Waals surface area contributed by atoms with E-state index in [1.807, 2.05) is 6.07 Å². The molecule has 0 aliphatic rings. The van der Waals surface area contributed by atoms with Crippen LogP contribution in [0.25, 0.3) is 0 Å². The minimum absolute atomic E-state index is 0.362. The molecule has 0 bridgehead atoms. The fourth-order valence-electron chi connectivity index (χ4n) is 1.76. The van der Waals surface area contributed by atoms with E-state index in [2.05, 4.69) is 36.5 Å². The van der Waals surface area contributed by atoms with Gasteiger partial charge in [0.25, 0.3) is 0 Å². The highest BCUT2D eigenvalue weighted by Gasteiger charge is 2.05. The summed E-state index contributed by atoms with van der Waals surface area (Å²) in [5.41, 5.74) is 1.34. The largest absolute Gasteiger partial charge is 0.391 e. The highest BCUT2D eigenvalue weighted by Crippen LogP contribution is 2.12. The second-order valence-corrected chi connectivity index (χ2v) is 4.41. The average Bonchev–Trinajstić information content (AvgIpc) is 2.36. The molecule has 0 saturated heterocycles. The van der Waals surface area contributed by atoms with Gasteiger partial charge in [-0.2, -0.15) is 0 Å². The molecular formula is C14H23NO2. The number of aliphatic hydroxyl groups excluding tert-OH is 1. The standard InChI is InChI=1S/C14H23NO2/c1-12(13-6-4-3-5-7-13)10-15-9-8-14(16)11-17-2/h3-7,12,14-16H,8-11H2,1-2H3. The van der Waals surface area contributed by atoms with Crippen molar-refractivity contribution in [2.45, 2.75) is 25.4 Å². The highest BCUT2D eigenvalue weighted by molar-refractivity contribution is 5.18. The van der Waals surface area contributed by atoms with Crippen LogP contribution in [0.2, 0.25) is 0 Å². The topological polar surface area (TPSA) is 41.5 Å². The van der Waals surface area contributed by atoms with Crippen molar-refractivity contribution in [2.24, 2.45) is 0 Å². The van der Waals surface area contributed by atoms with E-state index >= 15 is 0 Å². The van der Waals surface area contributed by atoms with Crippen LogP contribution in [0.5, 0.6) is 0 Å². The summed E-state index contributed by atoms with van der Waals surface area (Å²) in [6.07, 6.45) is 0.370. The third-order valence-electron chi connectivity index (χ3n) is 2.83. The molecule has 0 heterocycles. The monoisotopic (exact) mass is 237 g/mol. The normalized spacial score (nSPS) is 14.5. The summed E-state index contributed by atoms with van der Waals surface area (Å²) < 4.78 is 4.87. The fraction of sp³-hybridized carbons (Fsp3) is 0.571. The molecule has 2 unspecified atom stereocenters. The molecule has 1 aromatic carbocycles. The fourth-order valence-corrected chi connectivity index (χ4v) is 1.76. The van der Waals surface area contributed by atoms with Crippen LogP contribution < -0.4 is 5.32 Å². The van der Waals surface area contributed by atoms with Gasteiger partial charge in [0.2, 0.25) is 0 Å². The Morgan fingerprint density at radius 2 is 2.00 bits per heavy atom. The maximum absolute atomic E-state index is 9.47. The molecule has 96 valence electrons. The molecule has 0 fully saturated rings. The van der Waals surface area contributed by atoms with E-state index in [-0.39, 0.29) is 6.10 Å². The molecule has 2 atom stereocenters. The van der Waals surface area contributed by atoms with Crippen LogP contribution in [0.15, 0.2) is 30.3 Å². The van der Waals surface area contributed by atoms with Crippen molar-refractivity contribution in [1.82, 2.24) is 5.32 Å². The second kappa shape index (κ2) is 8.23. The Morgan fingerprint density at radius 1 is 1.29 bits per heavy atom. The number of ether oxygens (including phenoxy) is 1. The molecule has 0 aromatic heterocycles. The van der Waals surface area contributed by atoms with E-state index in [9.17, 15) is 5.11 Å². The zero-order chi connectivity index (χ0) is 12.5. The van der Waals surface area contributed by atoms with Gasteiger partial charge in [0.15, 0.2) is 0 Å². The summed E-state index contributed by atoms with van der Waals surface area (Å²) in [4.78, 5) is 0. The first-order valence-electron chi connectivity index (χ1n) is 6.16. The van der Waals surface area contributed by atoms with Crippen molar-refractivity contribution in [1.29, 1.82) is 0 Å². The Morgan fingerprint density at radius 3 is 2.65 bits per heavy atom. The van der Waals surface area contributed by atoms with E-state index in [0.717, 1.165) is 19.5 Å². The number of aliphatic hydroxyl groups is 1. The lowest BCUT2D eigenvalue weighted by Crippen LogP contribution is -2.26. The first-order chi connectivity index (χ1) is 8.24. The van der Waals surface area contributed by atoms with E-state index in [1.165, 1.54) is 5.56 Å². The van der Waals surface area contributed by atoms with Gasteiger partial charge in [0, 0.05) is 13.7 Å². The van der Waals surface area contributed by atoms with Gasteiger partial charge in [-0.05, 0) is 24.4 Å². The number of rotatable bonds is 8. The van der Waals surface area contributed by atoms with E-state index in [1.54, 1.807) is 7.11 Å².